The van der Waals surface area contributed by atoms with Gasteiger partial charge in [0.1, 0.15) is 0 Å². The maximum absolute atomic E-state index is 11.7. The van der Waals surface area contributed by atoms with Gasteiger partial charge in [0.15, 0.2) is 0 Å². The van der Waals surface area contributed by atoms with Crippen molar-refractivity contribution >= 4 is 5.91 Å². The lowest BCUT2D eigenvalue weighted by Crippen LogP contribution is -2.46. The summed E-state index contributed by atoms with van der Waals surface area (Å²) in [5, 5.41) is 9.51. The number of methoxy groups -OCH3 is 1. The SMILES string of the molecule is COCCCN1CCC(N2CC(O)CC2=O)CC1. The molecule has 0 aliphatic carbocycles. The predicted molar refractivity (Wildman–Crippen MR) is 68.3 cm³/mol. The summed E-state index contributed by atoms with van der Waals surface area (Å²) in [5.41, 5.74) is 0. The Kier molecular flexibility index (Phi) is 4.97. The normalized spacial score (nSPS) is 27.1. The van der Waals surface area contributed by atoms with Gasteiger partial charge in [0.05, 0.1) is 12.5 Å². The highest BCUT2D eigenvalue weighted by molar-refractivity contribution is 5.79. The Morgan fingerprint density at radius 3 is 2.67 bits per heavy atom. The number of piperidine rings is 1. The fraction of sp³-hybridized carbons (Fsp3) is 0.923. The van der Waals surface area contributed by atoms with Crippen molar-refractivity contribution in [2.45, 2.75) is 37.8 Å². The van der Waals surface area contributed by atoms with Crippen molar-refractivity contribution in [2.24, 2.45) is 0 Å². The van der Waals surface area contributed by atoms with Crippen molar-refractivity contribution < 1.29 is 14.6 Å². The summed E-state index contributed by atoms with van der Waals surface area (Å²) >= 11 is 0. The number of carbonyl (C=O) groups excluding carboxylic acids is 1. The largest absolute Gasteiger partial charge is 0.391 e. The van der Waals surface area contributed by atoms with Gasteiger partial charge in [-0.25, -0.2) is 0 Å². The minimum absolute atomic E-state index is 0.125. The summed E-state index contributed by atoms with van der Waals surface area (Å²) < 4.78 is 5.05. The third-order valence-corrected chi connectivity index (χ3v) is 3.96. The number of hydrogen-bond donors (Lipinski definition) is 1. The number of nitrogens with zero attached hydrogens (tertiary/aromatic N) is 2. The maximum Gasteiger partial charge on any atom is 0.225 e. The molecule has 104 valence electrons. The molecular formula is C13H24N2O3. The first-order valence-corrected chi connectivity index (χ1v) is 6.89. The van der Waals surface area contributed by atoms with Gasteiger partial charge >= 0.3 is 0 Å². The van der Waals surface area contributed by atoms with Crippen LogP contribution in [0.25, 0.3) is 0 Å². The predicted octanol–water partition coefficient (Wildman–Crippen LogP) is 0.0805. The first-order chi connectivity index (χ1) is 8.70. The smallest absolute Gasteiger partial charge is 0.225 e. The van der Waals surface area contributed by atoms with Crippen LogP contribution in [0.4, 0.5) is 0 Å². The number of ether oxygens (including phenoxy) is 1. The van der Waals surface area contributed by atoms with Gasteiger partial charge in [-0.2, -0.15) is 0 Å². The quantitative estimate of drug-likeness (QED) is 0.708. The number of likely N-dealkylation sites (tertiary alicyclic amines) is 2. The standard InChI is InChI=1S/C13H24N2O3/c1-18-8-2-5-14-6-3-11(4-7-14)15-10-12(16)9-13(15)17/h11-12,16H,2-10H2,1H3. The van der Waals surface area contributed by atoms with Crippen LogP contribution in [0.1, 0.15) is 25.7 Å². The lowest BCUT2D eigenvalue weighted by molar-refractivity contribution is -0.130. The van der Waals surface area contributed by atoms with E-state index in [2.05, 4.69) is 4.90 Å². The molecule has 0 saturated carbocycles. The van der Waals surface area contributed by atoms with Crippen LogP contribution in [0.2, 0.25) is 0 Å². The number of rotatable bonds is 5. The zero-order valence-electron chi connectivity index (χ0n) is 11.2. The molecule has 18 heavy (non-hydrogen) atoms. The molecule has 2 rings (SSSR count). The molecule has 0 spiro atoms. The second kappa shape index (κ2) is 6.50. The van der Waals surface area contributed by atoms with Crippen molar-refractivity contribution in [1.82, 2.24) is 9.80 Å². The fourth-order valence-corrected chi connectivity index (χ4v) is 2.95. The maximum atomic E-state index is 11.7. The summed E-state index contributed by atoms with van der Waals surface area (Å²) in [6.45, 7) is 4.53. The van der Waals surface area contributed by atoms with Gasteiger partial charge in [-0.15, -0.1) is 0 Å². The summed E-state index contributed by atoms with van der Waals surface area (Å²) in [5.74, 6) is 0.125. The van der Waals surface area contributed by atoms with Gasteiger partial charge in [0.2, 0.25) is 5.91 Å². The highest BCUT2D eigenvalue weighted by atomic mass is 16.5. The van der Waals surface area contributed by atoms with E-state index >= 15 is 0 Å². The molecule has 1 amide bonds. The van der Waals surface area contributed by atoms with Crippen molar-refractivity contribution in [3.63, 3.8) is 0 Å². The third kappa shape index (κ3) is 3.43. The molecule has 0 aromatic carbocycles. The highest BCUT2D eigenvalue weighted by Gasteiger charge is 2.34. The van der Waals surface area contributed by atoms with Crippen LogP contribution in [-0.4, -0.2) is 72.9 Å². The van der Waals surface area contributed by atoms with E-state index in [9.17, 15) is 9.90 Å². The van der Waals surface area contributed by atoms with Gasteiger partial charge in [-0.1, -0.05) is 0 Å². The van der Waals surface area contributed by atoms with Crippen LogP contribution in [0.5, 0.6) is 0 Å². The topological polar surface area (TPSA) is 53.0 Å². The van der Waals surface area contributed by atoms with Gasteiger partial charge in [-0.05, 0) is 19.3 Å². The average molecular weight is 256 g/mol. The second-order valence-corrected chi connectivity index (χ2v) is 5.32. The van der Waals surface area contributed by atoms with Crippen molar-refractivity contribution in [1.29, 1.82) is 0 Å². The molecule has 1 atom stereocenters. The zero-order chi connectivity index (χ0) is 13.0. The minimum atomic E-state index is -0.447. The van der Waals surface area contributed by atoms with E-state index in [1.807, 2.05) is 4.90 Å². The third-order valence-electron chi connectivity index (χ3n) is 3.96. The first kappa shape index (κ1) is 13.8. The molecule has 2 heterocycles. The van der Waals surface area contributed by atoms with E-state index in [-0.39, 0.29) is 5.91 Å². The van der Waals surface area contributed by atoms with Gasteiger partial charge < -0.3 is 19.6 Å². The Hall–Kier alpha value is -0.650. The number of carbonyl (C=O) groups is 1. The Balaban J connectivity index is 1.71. The Labute approximate surface area is 109 Å². The van der Waals surface area contributed by atoms with Crippen molar-refractivity contribution in [3.05, 3.63) is 0 Å². The van der Waals surface area contributed by atoms with Crippen LogP contribution in [0.3, 0.4) is 0 Å². The number of aliphatic hydroxyl groups excluding tert-OH is 1. The lowest BCUT2D eigenvalue weighted by atomic mass is 10.0. The van der Waals surface area contributed by atoms with E-state index in [4.69, 9.17) is 4.74 Å². The number of aliphatic hydroxyl groups is 1. The summed E-state index contributed by atoms with van der Waals surface area (Å²) in [4.78, 5) is 16.0. The second-order valence-electron chi connectivity index (χ2n) is 5.32. The highest BCUT2D eigenvalue weighted by Crippen LogP contribution is 2.22. The van der Waals surface area contributed by atoms with Crippen molar-refractivity contribution in [3.8, 4) is 0 Å². The molecule has 0 aromatic heterocycles. The Bertz CT molecular complexity index is 277. The van der Waals surface area contributed by atoms with E-state index in [0.29, 0.717) is 19.0 Å². The first-order valence-electron chi connectivity index (χ1n) is 6.89. The lowest BCUT2D eigenvalue weighted by Gasteiger charge is -2.36. The average Bonchev–Trinajstić information content (AvgIpc) is 2.70. The minimum Gasteiger partial charge on any atom is -0.391 e. The zero-order valence-corrected chi connectivity index (χ0v) is 11.2. The molecule has 0 aromatic rings. The molecule has 0 radical (unpaired) electrons. The Morgan fingerprint density at radius 2 is 2.11 bits per heavy atom. The van der Waals surface area contributed by atoms with E-state index in [1.165, 1.54) is 0 Å². The van der Waals surface area contributed by atoms with E-state index in [1.54, 1.807) is 7.11 Å². The number of β-amino-alcohol motifs (C(OH)–C–C–N with tert-alkyl or cyclic N) is 1. The molecule has 2 aliphatic heterocycles. The summed E-state index contributed by atoms with van der Waals surface area (Å²) in [7, 11) is 1.73. The molecule has 5 nitrogen and oxygen atoms in total. The molecule has 0 bridgehead atoms. The van der Waals surface area contributed by atoms with Gasteiger partial charge in [0, 0.05) is 45.9 Å². The van der Waals surface area contributed by atoms with E-state index in [0.717, 1.165) is 45.5 Å². The number of hydrogen-bond acceptors (Lipinski definition) is 4. The van der Waals surface area contributed by atoms with Crippen LogP contribution >= 0.6 is 0 Å². The molecule has 5 heteroatoms. The monoisotopic (exact) mass is 256 g/mol. The summed E-state index contributed by atoms with van der Waals surface area (Å²) in [6.07, 6.45) is 3.00. The molecule has 1 N–H and O–H groups in total. The van der Waals surface area contributed by atoms with Crippen LogP contribution in [0, 0.1) is 0 Å². The molecule has 2 fully saturated rings. The molecule has 2 aliphatic rings. The van der Waals surface area contributed by atoms with Crippen LogP contribution in [0.15, 0.2) is 0 Å². The van der Waals surface area contributed by atoms with E-state index < -0.39 is 6.10 Å². The van der Waals surface area contributed by atoms with Gasteiger partial charge in [0.25, 0.3) is 0 Å². The molecule has 2 saturated heterocycles. The fourth-order valence-electron chi connectivity index (χ4n) is 2.95. The number of amides is 1. The van der Waals surface area contributed by atoms with Crippen LogP contribution < -0.4 is 0 Å². The molecular weight excluding hydrogens is 232 g/mol. The van der Waals surface area contributed by atoms with Gasteiger partial charge in [-0.3, -0.25) is 4.79 Å². The summed E-state index contributed by atoms with van der Waals surface area (Å²) in [6, 6.07) is 0.341. The van der Waals surface area contributed by atoms with Crippen LogP contribution in [-0.2, 0) is 9.53 Å². The van der Waals surface area contributed by atoms with Crippen molar-refractivity contribution in [2.75, 3.05) is 39.9 Å². The molecule has 1 unspecified atom stereocenters. The Morgan fingerprint density at radius 1 is 1.39 bits per heavy atom.